The van der Waals surface area contributed by atoms with Crippen LogP contribution in [0.15, 0.2) is 5.16 Å². The van der Waals surface area contributed by atoms with Crippen molar-refractivity contribution in [3.05, 3.63) is 0 Å². The number of oxime groups is 1. The highest BCUT2D eigenvalue weighted by atomic mass is 16.8. The van der Waals surface area contributed by atoms with Gasteiger partial charge < -0.3 is 9.57 Å². The van der Waals surface area contributed by atoms with E-state index < -0.39 is 0 Å². The van der Waals surface area contributed by atoms with Crippen LogP contribution in [-0.4, -0.2) is 24.4 Å². The van der Waals surface area contributed by atoms with E-state index in [-0.39, 0.29) is 12.1 Å². The summed E-state index contributed by atoms with van der Waals surface area (Å²) < 4.78 is 5.17. The highest BCUT2D eigenvalue weighted by molar-refractivity contribution is 6.38. The first kappa shape index (κ1) is 9.19. The van der Waals surface area contributed by atoms with Gasteiger partial charge in [0, 0.05) is 26.4 Å². The van der Waals surface area contributed by atoms with E-state index in [1.54, 1.807) is 0 Å². The Morgan fingerprint density at radius 1 is 1.83 bits per heavy atom. The molecule has 0 N–H and O–H groups in total. The zero-order valence-corrected chi connectivity index (χ0v) is 7.37. The molecule has 0 fully saturated rings. The molecule has 1 aliphatic heterocycles. The zero-order chi connectivity index (χ0) is 8.97. The standard InChI is InChI=1S/C8H13NO3/c1-3-11-8-5-4-7(6(2)10)9-12-8/h8H,3-5H2,1-2H3. The van der Waals surface area contributed by atoms with E-state index in [4.69, 9.17) is 9.57 Å². The number of hydrogen-bond donors (Lipinski definition) is 0. The monoisotopic (exact) mass is 171 g/mol. The van der Waals surface area contributed by atoms with Gasteiger partial charge in [-0.15, -0.1) is 0 Å². The van der Waals surface area contributed by atoms with Crippen molar-refractivity contribution in [2.24, 2.45) is 5.16 Å². The third-order valence-electron chi connectivity index (χ3n) is 1.66. The van der Waals surface area contributed by atoms with Gasteiger partial charge in [-0.3, -0.25) is 4.79 Å². The molecule has 0 spiro atoms. The number of hydrogen-bond acceptors (Lipinski definition) is 4. The van der Waals surface area contributed by atoms with Crippen LogP contribution >= 0.6 is 0 Å². The molecule has 4 heteroatoms. The normalized spacial score (nSPS) is 22.8. The Morgan fingerprint density at radius 2 is 2.58 bits per heavy atom. The largest absolute Gasteiger partial charge is 0.363 e. The lowest BCUT2D eigenvalue weighted by Gasteiger charge is -2.19. The van der Waals surface area contributed by atoms with Crippen molar-refractivity contribution in [1.82, 2.24) is 0 Å². The Morgan fingerprint density at radius 3 is 3.00 bits per heavy atom. The topological polar surface area (TPSA) is 47.9 Å². The van der Waals surface area contributed by atoms with Crippen LogP contribution in [0.4, 0.5) is 0 Å². The maximum absolute atomic E-state index is 10.8. The molecule has 0 aromatic heterocycles. The summed E-state index contributed by atoms with van der Waals surface area (Å²) in [5.74, 6) is -0.0232. The second kappa shape index (κ2) is 4.21. The van der Waals surface area contributed by atoms with Crippen LogP contribution in [0, 0.1) is 0 Å². The van der Waals surface area contributed by atoms with E-state index in [1.165, 1.54) is 6.92 Å². The van der Waals surface area contributed by atoms with Crippen LogP contribution in [0.3, 0.4) is 0 Å². The number of nitrogens with zero attached hydrogens (tertiary/aromatic N) is 1. The molecule has 0 bridgehead atoms. The molecule has 0 amide bonds. The van der Waals surface area contributed by atoms with Crippen molar-refractivity contribution in [1.29, 1.82) is 0 Å². The van der Waals surface area contributed by atoms with Crippen molar-refractivity contribution in [3.63, 3.8) is 0 Å². The molecule has 1 heterocycles. The minimum atomic E-state index is -0.266. The summed E-state index contributed by atoms with van der Waals surface area (Å²) in [6.07, 6.45) is 1.10. The molecule has 12 heavy (non-hydrogen) atoms. The lowest BCUT2D eigenvalue weighted by atomic mass is 10.1. The molecular weight excluding hydrogens is 158 g/mol. The maximum Gasteiger partial charge on any atom is 0.227 e. The van der Waals surface area contributed by atoms with E-state index in [2.05, 4.69) is 5.16 Å². The van der Waals surface area contributed by atoms with Gasteiger partial charge in [0.1, 0.15) is 5.71 Å². The van der Waals surface area contributed by atoms with Gasteiger partial charge in [-0.1, -0.05) is 5.16 Å². The van der Waals surface area contributed by atoms with Gasteiger partial charge in [-0.25, -0.2) is 0 Å². The van der Waals surface area contributed by atoms with Crippen LogP contribution in [0.2, 0.25) is 0 Å². The molecule has 4 nitrogen and oxygen atoms in total. The zero-order valence-electron chi connectivity index (χ0n) is 7.37. The predicted molar refractivity (Wildman–Crippen MR) is 43.8 cm³/mol. The van der Waals surface area contributed by atoms with Crippen molar-refractivity contribution < 1.29 is 14.4 Å². The molecule has 68 valence electrons. The molecule has 0 aliphatic carbocycles. The predicted octanol–water partition coefficient (Wildman–Crippen LogP) is 1.10. The number of carbonyl (C=O) groups is 1. The summed E-state index contributed by atoms with van der Waals surface area (Å²) in [6.45, 7) is 3.99. The van der Waals surface area contributed by atoms with Gasteiger partial charge in [-0.05, 0) is 6.92 Å². The van der Waals surface area contributed by atoms with Crippen LogP contribution in [0.25, 0.3) is 0 Å². The molecule has 1 aliphatic rings. The van der Waals surface area contributed by atoms with E-state index in [0.717, 1.165) is 0 Å². The first-order valence-corrected chi connectivity index (χ1v) is 4.09. The van der Waals surface area contributed by atoms with Gasteiger partial charge >= 0.3 is 0 Å². The average molecular weight is 171 g/mol. The van der Waals surface area contributed by atoms with Gasteiger partial charge in [0.15, 0.2) is 5.78 Å². The molecule has 1 atom stereocenters. The van der Waals surface area contributed by atoms with E-state index in [1.807, 2.05) is 6.92 Å². The smallest absolute Gasteiger partial charge is 0.227 e. The van der Waals surface area contributed by atoms with Crippen molar-refractivity contribution >= 4 is 11.5 Å². The summed E-state index contributed by atoms with van der Waals surface area (Å²) >= 11 is 0. The molecule has 0 saturated heterocycles. The lowest BCUT2D eigenvalue weighted by Crippen LogP contribution is -2.24. The average Bonchev–Trinajstić information content (AvgIpc) is 2.06. The van der Waals surface area contributed by atoms with Crippen molar-refractivity contribution in [2.75, 3.05) is 6.61 Å². The number of ether oxygens (including phenoxy) is 1. The van der Waals surface area contributed by atoms with Gasteiger partial charge in [-0.2, -0.15) is 0 Å². The van der Waals surface area contributed by atoms with E-state index in [0.29, 0.717) is 25.2 Å². The quantitative estimate of drug-likeness (QED) is 0.639. The Hall–Kier alpha value is -0.900. The minimum absolute atomic E-state index is 0.0232. The lowest BCUT2D eigenvalue weighted by molar-refractivity contribution is -0.148. The summed E-state index contributed by atoms with van der Waals surface area (Å²) in [7, 11) is 0. The van der Waals surface area contributed by atoms with Crippen molar-refractivity contribution in [2.45, 2.75) is 33.0 Å². The first-order chi connectivity index (χ1) is 5.74. The summed E-state index contributed by atoms with van der Waals surface area (Å²) in [6, 6.07) is 0. The number of rotatable bonds is 3. The van der Waals surface area contributed by atoms with E-state index >= 15 is 0 Å². The van der Waals surface area contributed by atoms with Crippen LogP contribution in [0.5, 0.6) is 0 Å². The fraction of sp³-hybridized carbons (Fsp3) is 0.750. The van der Waals surface area contributed by atoms with Gasteiger partial charge in [0.25, 0.3) is 0 Å². The SMILES string of the molecule is CCOC1CCC(C(C)=O)=NO1. The molecular formula is C8H13NO3. The summed E-state index contributed by atoms with van der Waals surface area (Å²) in [4.78, 5) is 15.7. The highest BCUT2D eigenvalue weighted by Crippen LogP contribution is 2.12. The number of ketones is 1. The van der Waals surface area contributed by atoms with Crippen LogP contribution in [-0.2, 0) is 14.4 Å². The first-order valence-electron chi connectivity index (χ1n) is 4.09. The van der Waals surface area contributed by atoms with Gasteiger partial charge in [0.2, 0.25) is 6.29 Å². The van der Waals surface area contributed by atoms with Crippen molar-refractivity contribution in [3.8, 4) is 0 Å². The highest BCUT2D eigenvalue weighted by Gasteiger charge is 2.19. The third-order valence-corrected chi connectivity index (χ3v) is 1.66. The van der Waals surface area contributed by atoms with E-state index in [9.17, 15) is 4.79 Å². The second-order valence-electron chi connectivity index (χ2n) is 2.62. The molecule has 1 rings (SSSR count). The molecule has 0 saturated carbocycles. The van der Waals surface area contributed by atoms with Gasteiger partial charge in [0.05, 0.1) is 0 Å². The molecule has 1 unspecified atom stereocenters. The van der Waals surface area contributed by atoms with Crippen LogP contribution in [0.1, 0.15) is 26.7 Å². The molecule has 0 aromatic rings. The Labute approximate surface area is 71.5 Å². The number of carbonyl (C=O) groups excluding carboxylic acids is 1. The Balaban J connectivity index is 2.42. The third kappa shape index (κ3) is 2.30. The fourth-order valence-electron chi connectivity index (χ4n) is 1.02. The molecule has 0 aromatic carbocycles. The second-order valence-corrected chi connectivity index (χ2v) is 2.62. The maximum atomic E-state index is 10.8. The minimum Gasteiger partial charge on any atom is -0.363 e. The summed E-state index contributed by atoms with van der Waals surface area (Å²) in [5, 5.41) is 3.67. The number of Topliss-reactive ketones (excluding diaryl/α,β-unsaturated/α-hetero) is 1. The Kier molecular flexibility index (Phi) is 3.22. The fourth-order valence-corrected chi connectivity index (χ4v) is 1.02. The molecule has 0 radical (unpaired) electrons. The Bertz CT molecular complexity index is 200. The summed E-state index contributed by atoms with van der Waals surface area (Å²) in [5.41, 5.74) is 0.506. The van der Waals surface area contributed by atoms with Crippen LogP contribution < -0.4 is 0 Å².